The molecule has 1 rings (SSSR count). The van der Waals surface area contributed by atoms with Crippen molar-refractivity contribution in [3.8, 4) is 0 Å². The summed E-state index contributed by atoms with van der Waals surface area (Å²) in [7, 11) is -4.10. The van der Waals surface area contributed by atoms with E-state index in [0.29, 0.717) is 6.61 Å². The summed E-state index contributed by atoms with van der Waals surface area (Å²) in [6.45, 7) is 2.52. The van der Waals surface area contributed by atoms with E-state index in [1.54, 1.807) is 11.5 Å². The van der Waals surface area contributed by atoms with Gasteiger partial charge in [-0.25, -0.2) is 13.9 Å². The van der Waals surface area contributed by atoms with E-state index in [0.717, 1.165) is 0 Å². The number of carbonyl (C=O) groups excluding carboxylic acids is 1. The largest absolute Gasteiger partial charge is 0.673 e. The highest BCUT2D eigenvalue weighted by Gasteiger charge is 2.20. The zero-order valence-electron chi connectivity index (χ0n) is 9.45. The molecule has 9 heteroatoms. The van der Waals surface area contributed by atoms with Crippen molar-refractivity contribution in [3.05, 3.63) is 18.7 Å². The van der Waals surface area contributed by atoms with Crippen LogP contribution in [0.5, 0.6) is 0 Å². The average molecular weight is 256 g/mol. The van der Waals surface area contributed by atoms with Crippen LogP contribution in [0.1, 0.15) is 6.92 Å². The molecule has 0 amide bonds. The van der Waals surface area contributed by atoms with Gasteiger partial charge in [0, 0.05) is 0 Å². The number of halogens is 4. The van der Waals surface area contributed by atoms with Crippen molar-refractivity contribution in [2.75, 3.05) is 6.61 Å². The standard InChI is InChI=1S/C8H13N2O2.BF4/c1-3-12-8(11)6-10-5-4-9(2)7-10;2-1(3,4)5/h4-5,7H,3,6H2,1-2H3;/q+1;-1. The summed E-state index contributed by atoms with van der Waals surface area (Å²) < 4.78 is 47.4. The number of hydrogen-bond donors (Lipinski definition) is 0. The molecule has 0 spiro atoms. The maximum absolute atomic E-state index is 11.0. The molecule has 0 saturated carbocycles. The van der Waals surface area contributed by atoms with Gasteiger partial charge >= 0.3 is 13.2 Å². The summed E-state index contributed by atoms with van der Waals surface area (Å²) in [5.41, 5.74) is 0. The van der Waals surface area contributed by atoms with E-state index in [1.807, 2.05) is 30.3 Å². The number of rotatable bonds is 3. The van der Waals surface area contributed by atoms with E-state index >= 15 is 0 Å². The fourth-order valence-electron chi connectivity index (χ4n) is 0.951. The molecule has 0 N–H and O–H groups in total. The molecule has 0 aromatic carbocycles. The molecule has 0 aliphatic heterocycles. The minimum absolute atomic E-state index is 0.200. The van der Waals surface area contributed by atoms with Crippen molar-refractivity contribution in [2.45, 2.75) is 13.5 Å². The van der Waals surface area contributed by atoms with Crippen molar-refractivity contribution in [3.63, 3.8) is 0 Å². The van der Waals surface area contributed by atoms with Gasteiger partial charge in [-0.15, -0.1) is 0 Å². The molecule has 0 aliphatic rings. The number of nitrogens with zero attached hydrogens (tertiary/aromatic N) is 2. The maximum Gasteiger partial charge on any atom is 0.673 e. The first kappa shape index (κ1) is 15.5. The minimum Gasteiger partial charge on any atom is -0.463 e. The molecular weight excluding hydrogens is 243 g/mol. The fraction of sp³-hybridized carbons (Fsp3) is 0.500. The molecule has 0 radical (unpaired) electrons. The number of esters is 1. The monoisotopic (exact) mass is 256 g/mol. The third-order valence-corrected chi connectivity index (χ3v) is 1.44. The Balaban J connectivity index is 0.000000437. The van der Waals surface area contributed by atoms with Gasteiger partial charge in [0.15, 0.2) is 6.54 Å². The van der Waals surface area contributed by atoms with Crippen LogP contribution in [0.15, 0.2) is 18.7 Å². The first-order valence-corrected chi connectivity index (χ1v) is 4.76. The molecule has 0 unspecified atom stereocenters. The Bertz CT molecular complexity index is 348. The number of imidazole rings is 1. The molecule has 4 nitrogen and oxygen atoms in total. The van der Waals surface area contributed by atoms with Gasteiger partial charge in [-0.2, -0.15) is 0 Å². The Morgan fingerprint density at radius 2 is 1.94 bits per heavy atom. The molecule has 1 aromatic heterocycles. The fourth-order valence-corrected chi connectivity index (χ4v) is 0.951. The number of aryl methyl sites for hydroxylation is 1. The van der Waals surface area contributed by atoms with Crippen LogP contribution in [-0.4, -0.2) is 24.4 Å². The lowest BCUT2D eigenvalue weighted by Crippen LogP contribution is -2.36. The molecule has 17 heavy (non-hydrogen) atoms. The SMILES string of the molecule is CCOC(=O)C[n+]1ccn(C)c1.F[B-](F)(F)F. The molecule has 0 aliphatic carbocycles. The van der Waals surface area contributed by atoms with Crippen molar-refractivity contribution in [1.29, 1.82) is 0 Å². The van der Waals surface area contributed by atoms with Crippen LogP contribution in [0.3, 0.4) is 0 Å². The zero-order valence-corrected chi connectivity index (χ0v) is 9.45. The average Bonchev–Trinajstić information content (AvgIpc) is 2.48. The number of ether oxygens (including phenoxy) is 1. The van der Waals surface area contributed by atoms with Crippen molar-refractivity contribution >= 4 is 13.2 Å². The molecule has 0 atom stereocenters. The maximum atomic E-state index is 11.0. The quantitative estimate of drug-likeness (QED) is 0.352. The van der Waals surface area contributed by atoms with Gasteiger partial charge in [0.2, 0.25) is 6.33 Å². The highest BCUT2D eigenvalue weighted by molar-refractivity contribution is 6.50. The van der Waals surface area contributed by atoms with E-state index in [4.69, 9.17) is 4.74 Å². The second-order valence-corrected chi connectivity index (χ2v) is 3.05. The van der Waals surface area contributed by atoms with E-state index in [2.05, 4.69) is 0 Å². The lowest BCUT2D eigenvalue weighted by atomic mass is 10.3. The Morgan fingerprint density at radius 3 is 2.29 bits per heavy atom. The smallest absolute Gasteiger partial charge is 0.463 e. The Hall–Kier alpha value is -1.54. The molecule has 1 heterocycles. The lowest BCUT2D eigenvalue weighted by Gasteiger charge is -1.97. The van der Waals surface area contributed by atoms with E-state index in [9.17, 15) is 22.1 Å². The van der Waals surface area contributed by atoms with E-state index in [1.165, 1.54) is 0 Å². The van der Waals surface area contributed by atoms with Crippen LogP contribution in [0.2, 0.25) is 0 Å². The molecule has 1 aromatic rings. The summed E-state index contributed by atoms with van der Waals surface area (Å²) >= 11 is 0. The highest BCUT2D eigenvalue weighted by atomic mass is 19.5. The predicted molar refractivity (Wildman–Crippen MR) is 52.4 cm³/mol. The zero-order chi connectivity index (χ0) is 13.5. The van der Waals surface area contributed by atoms with E-state index < -0.39 is 7.25 Å². The van der Waals surface area contributed by atoms with Crippen LogP contribution in [0.4, 0.5) is 17.3 Å². The van der Waals surface area contributed by atoms with Crippen molar-refractivity contribution in [1.82, 2.24) is 4.57 Å². The third kappa shape index (κ3) is 10.7. The molecule has 0 bridgehead atoms. The van der Waals surface area contributed by atoms with Crippen LogP contribution in [0, 0.1) is 0 Å². The second kappa shape index (κ2) is 6.92. The Morgan fingerprint density at radius 1 is 1.41 bits per heavy atom. The summed E-state index contributed by atoms with van der Waals surface area (Å²) in [6.07, 6.45) is 5.53. The van der Waals surface area contributed by atoms with Gasteiger partial charge in [-0.1, -0.05) is 0 Å². The van der Waals surface area contributed by atoms with Gasteiger partial charge in [0.25, 0.3) is 0 Å². The first-order valence-electron chi connectivity index (χ1n) is 4.76. The third-order valence-electron chi connectivity index (χ3n) is 1.44. The van der Waals surface area contributed by atoms with Crippen LogP contribution >= 0.6 is 0 Å². The number of carbonyl (C=O) groups is 1. The van der Waals surface area contributed by atoms with Crippen LogP contribution in [0.25, 0.3) is 0 Å². The normalized spacial score (nSPS) is 10.5. The summed E-state index contributed by atoms with van der Waals surface area (Å²) in [5.74, 6) is -0.200. The molecular formula is C8H13BF4N2O2. The predicted octanol–water partition coefficient (Wildman–Crippen LogP) is 1.18. The Kier molecular flexibility index (Phi) is 6.30. The summed E-state index contributed by atoms with van der Waals surface area (Å²) in [5, 5.41) is 0. The Labute approximate surface area is 95.9 Å². The number of aromatic nitrogens is 2. The summed E-state index contributed by atoms with van der Waals surface area (Å²) in [4.78, 5) is 11.0. The molecule has 98 valence electrons. The van der Waals surface area contributed by atoms with Crippen LogP contribution in [-0.2, 0) is 23.1 Å². The van der Waals surface area contributed by atoms with E-state index in [-0.39, 0.29) is 12.5 Å². The van der Waals surface area contributed by atoms with Crippen molar-refractivity contribution in [2.24, 2.45) is 7.05 Å². The van der Waals surface area contributed by atoms with Crippen molar-refractivity contribution < 1.29 is 31.4 Å². The van der Waals surface area contributed by atoms with Gasteiger partial charge in [0.05, 0.1) is 13.7 Å². The lowest BCUT2D eigenvalue weighted by molar-refractivity contribution is -0.685. The van der Waals surface area contributed by atoms with Crippen LogP contribution < -0.4 is 4.57 Å². The number of hydrogen-bond acceptors (Lipinski definition) is 2. The topological polar surface area (TPSA) is 35.1 Å². The summed E-state index contributed by atoms with van der Waals surface area (Å²) in [6, 6.07) is 0. The van der Waals surface area contributed by atoms with Gasteiger partial charge in [-0.05, 0) is 6.92 Å². The van der Waals surface area contributed by atoms with Gasteiger partial charge < -0.3 is 22.0 Å². The molecule has 0 fully saturated rings. The minimum atomic E-state index is -6.00. The highest BCUT2D eigenvalue weighted by Crippen LogP contribution is 2.06. The molecule has 0 saturated heterocycles. The van der Waals surface area contributed by atoms with Gasteiger partial charge in [0.1, 0.15) is 12.4 Å². The second-order valence-electron chi connectivity index (χ2n) is 3.05. The van der Waals surface area contributed by atoms with Gasteiger partial charge in [-0.3, -0.25) is 0 Å². The first-order chi connectivity index (χ1) is 7.72.